The first-order valence-electron chi connectivity index (χ1n) is 5.00. The highest BCUT2D eigenvalue weighted by Gasteiger charge is 2.11. The number of hydrogen-bond donors (Lipinski definition) is 1. The van der Waals surface area contributed by atoms with Crippen LogP contribution in [0, 0.1) is 0 Å². The van der Waals surface area contributed by atoms with Gasteiger partial charge in [-0.2, -0.15) is 0 Å². The number of hydrogen-bond acceptors (Lipinski definition) is 3. The van der Waals surface area contributed by atoms with Gasteiger partial charge < -0.3 is 5.11 Å². The molecule has 0 aromatic carbocycles. The molecular weight excluding hydrogens is 208 g/mol. The number of pyridine rings is 1. The molecule has 5 heteroatoms. The van der Waals surface area contributed by atoms with E-state index in [1.165, 1.54) is 4.90 Å². The van der Waals surface area contributed by atoms with Crippen molar-refractivity contribution < 1.29 is 14.7 Å². The first-order chi connectivity index (χ1) is 7.61. The Balaban J connectivity index is 2.45. The number of aliphatic carboxylic acids is 1. The van der Waals surface area contributed by atoms with Crippen molar-refractivity contribution in [1.82, 2.24) is 4.98 Å². The Morgan fingerprint density at radius 3 is 2.69 bits per heavy atom. The number of rotatable bonds is 5. The first kappa shape index (κ1) is 12.2. The fourth-order valence-electron chi connectivity index (χ4n) is 1.24. The number of carboxylic acid groups (broad SMARTS) is 1. The average molecular weight is 222 g/mol. The highest BCUT2D eigenvalue weighted by atomic mass is 16.4. The molecule has 0 spiro atoms. The molecule has 1 amide bonds. The summed E-state index contributed by atoms with van der Waals surface area (Å²) in [5.74, 6) is -0.434. The third kappa shape index (κ3) is 3.68. The molecule has 1 aromatic heterocycles. The first-order valence-corrected chi connectivity index (χ1v) is 5.00. The largest absolute Gasteiger partial charge is 0.481 e. The van der Waals surface area contributed by atoms with Crippen molar-refractivity contribution in [3.05, 3.63) is 24.4 Å². The topological polar surface area (TPSA) is 70.5 Å². The van der Waals surface area contributed by atoms with Crippen LogP contribution < -0.4 is 4.90 Å². The Hall–Kier alpha value is -1.91. The normalized spacial score (nSPS) is 9.81. The van der Waals surface area contributed by atoms with Gasteiger partial charge in [-0.3, -0.25) is 14.5 Å². The summed E-state index contributed by atoms with van der Waals surface area (Å²) in [5, 5.41) is 8.44. The van der Waals surface area contributed by atoms with Crippen molar-refractivity contribution in [2.24, 2.45) is 0 Å². The molecule has 1 aromatic rings. The molecular formula is C11H14N2O3. The Morgan fingerprint density at radius 1 is 1.38 bits per heavy atom. The molecule has 5 nitrogen and oxygen atoms in total. The summed E-state index contributed by atoms with van der Waals surface area (Å²) in [4.78, 5) is 27.4. The summed E-state index contributed by atoms with van der Waals surface area (Å²) in [5.41, 5.74) is 0. The van der Waals surface area contributed by atoms with Crippen LogP contribution in [0.2, 0.25) is 0 Å². The fraction of sp³-hybridized carbons (Fsp3) is 0.364. The standard InChI is InChI=1S/C11H14N2O3/c1-13(9-5-2-3-8-12-9)10(14)6-4-7-11(15)16/h2-3,5,8H,4,6-7H2,1H3,(H,15,16). The van der Waals surface area contributed by atoms with Gasteiger partial charge in [0, 0.05) is 26.1 Å². The Kier molecular flexibility index (Phi) is 4.44. The van der Waals surface area contributed by atoms with Crippen LogP contribution in [0.25, 0.3) is 0 Å². The smallest absolute Gasteiger partial charge is 0.303 e. The maximum Gasteiger partial charge on any atom is 0.303 e. The molecule has 86 valence electrons. The van der Waals surface area contributed by atoms with E-state index < -0.39 is 5.97 Å². The maximum atomic E-state index is 11.6. The van der Waals surface area contributed by atoms with Crippen molar-refractivity contribution in [2.75, 3.05) is 11.9 Å². The number of carboxylic acids is 1. The van der Waals surface area contributed by atoms with E-state index >= 15 is 0 Å². The third-order valence-electron chi connectivity index (χ3n) is 2.15. The van der Waals surface area contributed by atoms with Crippen LogP contribution in [0.5, 0.6) is 0 Å². The number of nitrogens with zero attached hydrogens (tertiary/aromatic N) is 2. The summed E-state index contributed by atoms with van der Waals surface area (Å²) in [6.45, 7) is 0. The van der Waals surface area contributed by atoms with Gasteiger partial charge in [-0.1, -0.05) is 6.07 Å². The van der Waals surface area contributed by atoms with Crippen LogP contribution in [0.4, 0.5) is 5.82 Å². The SMILES string of the molecule is CN(C(=O)CCCC(=O)O)c1ccccn1. The Labute approximate surface area is 93.7 Å². The minimum atomic E-state index is -0.881. The lowest BCUT2D eigenvalue weighted by molar-refractivity contribution is -0.137. The quantitative estimate of drug-likeness (QED) is 0.815. The Morgan fingerprint density at radius 2 is 2.12 bits per heavy atom. The van der Waals surface area contributed by atoms with Gasteiger partial charge in [-0.05, 0) is 18.6 Å². The number of anilines is 1. The van der Waals surface area contributed by atoms with Gasteiger partial charge in [0.2, 0.25) is 5.91 Å². The lowest BCUT2D eigenvalue weighted by Gasteiger charge is -2.15. The van der Waals surface area contributed by atoms with Crippen LogP contribution in [0.15, 0.2) is 24.4 Å². The number of amides is 1. The van der Waals surface area contributed by atoms with Crippen LogP contribution in [0.3, 0.4) is 0 Å². The molecule has 16 heavy (non-hydrogen) atoms. The van der Waals surface area contributed by atoms with Crippen molar-refractivity contribution in [2.45, 2.75) is 19.3 Å². The molecule has 0 unspecified atom stereocenters. The van der Waals surface area contributed by atoms with E-state index in [2.05, 4.69) is 4.98 Å². The minimum Gasteiger partial charge on any atom is -0.481 e. The second-order valence-corrected chi connectivity index (χ2v) is 3.39. The van der Waals surface area contributed by atoms with Gasteiger partial charge >= 0.3 is 5.97 Å². The van der Waals surface area contributed by atoms with E-state index in [1.54, 1.807) is 31.4 Å². The van der Waals surface area contributed by atoms with E-state index in [4.69, 9.17) is 5.11 Å². The summed E-state index contributed by atoms with van der Waals surface area (Å²) >= 11 is 0. The monoisotopic (exact) mass is 222 g/mol. The number of carbonyl (C=O) groups is 2. The summed E-state index contributed by atoms with van der Waals surface area (Å²) in [6.07, 6.45) is 2.20. The van der Waals surface area contributed by atoms with Crippen molar-refractivity contribution in [3.8, 4) is 0 Å². The van der Waals surface area contributed by atoms with E-state index in [0.29, 0.717) is 12.2 Å². The third-order valence-corrected chi connectivity index (χ3v) is 2.15. The fourth-order valence-corrected chi connectivity index (χ4v) is 1.24. The molecule has 0 saturated carbocycles. The Bertz CT molecular complexity index is 365. The highest BCUT2D eigenvalue weighted by molar-refractivity contribution is 5.91. The molecule has 0 saturated heterocycles. The molecule has 0 aliphatic carbocycles. The van der Waals surface area contributed by atoms with Crippen LogP contribution in [-0.2, 0) is 9.59 Å². The van der Waals surface area contributed by atoms with Gasteiger partial charge in [0.1, 0.15) is 5.82 Å². The van der Waals surface area contributed by atoms with Gasteiger partial charge in [-0.25, -0.2) is 4.98 Å². The zero-order valence-corrected chi connectivity index (χ0v) is 9.09. The highest BCUT2D eigenvalue weighted by Crippen LogP contribution is 2.09. The van der Waals surface area contributed by atoms with Crippen LogP contribution >= 0.6 is 0 Å². The molecule has 0 aliphatic rings. The molecule has 0 bridgehead atoms. The number of carbonyl (C=O) groups excluding carboxylic acids is 1. The van der Waals surface area contributed by atoms with E-state index in [9.17, 15) is 9.59 Å². The number of aromatic nitrogens is 1. The van der Waals surface area contributed by atoms with E-state index in [-0.39, 0.29) is 18.7 Å². The molecule has 0 atom stereocenters. The molecule has 0 fully saturated rings. The predicted octanol–water partition coefficient (Wildman–Crippen LogP) is 1.30. The van der Waals surface area contributed by atoms with E-state index in [0.717, 1.165) is 0 Å². The zero-order chi connectivity index (χ0) is 12.0. The summed E-state index contributed by atoms with van der Waals surface area (Å²) in [7, 11) is 1.63. The maximum absolute atomic E-state index is 11.6. The second kappa shape index (κ2) is 5.85. The van der Waals surface area contributed by atoms with Gasteiger partial charge in [0.15, 0.2) is 0 Å². The minimum absolute atomic E-state index is 0.0157. The van der Waals surface area contributed by atoms with Crippen LogP contribution in [-0.4, -0.2) is 29.0 Å². The molecule has 0 radical (unpaired) electrons. The molecule has 0 aliphatic heterocycles. The van der Waals surface area contributed by atoms with E-state index in [1.807, 2.05) is 0 Å². The van der Waals surface area contributed by atoms with Crippen molar-refractivity contribution in [1.29, 1.82) is 0 Å². The van der Waals surface area contributed by atoms with Gasteiger partial charge in [0.05, 0.1) is 0 Å². The predicted molar refractivity (Wildman–Crippen MR) is 59.1 cm³/mol. The molecule has 1 N–H and O–H groups in total. The molecule has 1 heterocycles. The molecule has 1 rings (SSSR count). The van der Waals surface area contributed by atoms with Crippen LogP contribution in [0.1, 0.15) is 19.3 Å². The van der Waals surface area contributed by atoms with Crippen molar-refractivity contribution >= 4 is 17.7 Å². The second-order valence-electron chi connectivity index (χ2n) is 3.39. The lowest BCUT2D eigenvalue weighted by Crippen LogP contribution is -2.26. The summed E-state index contributed by atoms with van der Waals surface area (Å²) in [6, 6.07) is 5.30. The van der Waals surface area contributed by atoms with Crippen molar-refractivity contribution in [3.63, 3.8) is 0 Å². The lowest BCUT2D eigenvalue weighted by atomic mass is 10.2. The summed E-state index contributed by atoms with van der Waals surface area (Å²) < 4.78 is 0. The van der Waals surface area contributed by atoms with Gasteiger partial charge in [-0.15, -0.1) is 0 Å². The zero-order valence-electron chi connectivity index (χ0n) is 9.09. The average Bonchev–Trinajstić information content (AvgIpc) is 2.28. The van der Waals surface area contributed by atoms with Gasteiger partial charge in [0.25, 0.3) is 0 Å².